The quantitative estimate of drug-likeness (QED) is 0.779. The fraction of sp³-hybridized carbons (Fsp3) is 0.267. The Morgan fingerprint density at radius 2 is 2.00 bits per heavy atom. The Morgan fingerprint density at radius 1 is 1.23 bits per heavy atom. The second-order valence-electron chi connectivity index (χ2n) is 4.93. The van der Waals surface area contributed by atoms with E-state index in [2.05, 4.69) is 20.4 Å². The van der Waals surface area contributed by atoms with E-state index in [4.69, 9.17) is 0 Å². The first kappa shape index (κ1) is 14.6. The van der Waals surface area contributed by atoms with Crippen LogP contribution in [0.4, 0.5) is 5.82 Å². The molecule has 0 bridgehead atoms. The molecule has 0 spiro atoms. The molecule has 1 aromatic carbocycles. The first-order valence-electron chi connectivity index (χ1n) is 7.01. The van der Waals surface area contributed by atoms with E-state index in [-0.39, 0.29) is 0 Å². The predicted octanol–water partition coefficient (Wildman–Crippen LogP) is 1.96. The minimum Gasteiger partial charge on any atom is -0.369 e. The maximum absolute atomic E-state index is 12.2. The minimum atomic E-state index is -1.02. The van der Waals surface area contributed by atoms with Crippen LogP contribution in [-0.4, -0.2) is 36.1 Å². The van der Waals surface area contributed by atoms with Crippen molar-refractivity contribution in [3.63, 3.8) is 0 Å². The van der Waals surface area contributed by atoms with Gasteiger partial charge in [0.1, 0.15) is 12.1 Å². The summed E-state index contributed by atoms with van der Waals surface area (Å²) in [6.45, 7) is 4.51. The van der Waals surface area contributed by atoms with Gasteiger partial charge < -0.3 is 5.32 Å². The molecule has 0 radical (unpaired) electrons. The van der Waals surface area contributed by atoms with Crippen LogP contribution in [0.2, 0.25) is 0 Å². The van der Waals surface area contributed by atoms with Gasteiger partial charge in [-0.05, 0) is 26.0 Å². The van der Waals surface area contributed by atoms with Crippen LogP contribution in [-0.2, 0) is 10.8 Å². The van der Waals surface area contributed by atoms with Crippen molar-refractivity contribution in [3.8, 4) is 0 Å². The van der Waals surface area contributed by atoms with E-state index in [1.165, 1.54) is 6.33 Å². The lowest BCUT2D eigenvalue weighted by atomic mass is 10.2. The first-order valence-corrected chi connectivity index (χ1v) is 8.33. The summed E-state index contributed by atoms with van der Waals surface area (Å²) < 4.78 is 13.9. The van der Waals surface area contributed by atoms with Crippen molar-refractivity contribution >= 4 is 22.4 Å². The van der Waals surface area contributed by atoms with Crippen molar-refractivity contribution in [1.82, 2.24) is 19.6 Å². The van der Waals surface area contributed by atoms with Gasteiger partial charge in [-0.2, -0.15) is 14.6 Å². The highest BCUT2D eigenvalue weighted by atomic mass is 32.2. The van der Waals surface area contributed by atoms with Crippen molar-refractivity contribution in [2.45, 2.75) is 18.7 Å². The standard InChI is InChI=1S/C15H17N5OS/c1-11-12(2)19-15-17-10-18-20(15)14(11)16-8-9-22(21)13-6-4-3-5-7-13/h3-7,10,16H,8-9H2,1-2H3/t22-/m0/s1. The van der Waals surface area contributed by atoms with Gasteiger partial charge in [-0.1, -0.05) is 18.2 Å². The fourth-order valence-corrected chi connectivity index (χ4v) is 3.18. The molecule has 0 saturated heterocycles. The predicted molar refractivity (Wildman–Crippen MR) is 86.5 cm³/mol. The summed E-state index contributed by atoms with van der Waals surface area (Å²) in [5.74, 6) is 1.95. The van der Waals surface area contributed by atoms with E-state index in [0.29, 0.717) is 18.1 Å². The van der Waals surface area contributed by atoms with E-state index in [1.54, 1.807) is 4.52 Å². The lowest BCUT2D eigenvalue weighted by molar-refractivity contribution is 0.683. The zero-order chi connectivity index (χ0) is 15.5. The van der Waals surface area contributed by atoms with Crippen LogP contribution in [0.15, 0.2) is 41.6 Å². The van der Waals surface area contributed by atoms with Crippen molar-refractivity contribution in [2.24, 2.45) is 0 Å². The molecular formula is C15H17N5OS. The lowest BCUT2D eigenvalue weighted by Crippen LogP contribution is -2.15. The second kappa shape index (κ2) is 6.23. The number of hydrogen-bond donors (Lipinski definition) is 1. The molecule has 0 fully saturated rings. The van der Waals surface area contributed by atoms with Crippen LogP contribution in [0, 0.1) is 13.8 Å². The van der Waals surface area contributed by atoms with Crippen LogP contribution in [0.1, 0.15) is 11.3 Å². The molecule has 3 aromatic rings. The number of aromatic nitrogens is 4. The van der Waals surface area contributed by atoms with Crippen molar-refractivity contribution < 1.29 is 4.21 Å². The molecular weight excluding hydrogens is 298 g/mol. The van der Waals surface area contributed by atoms with Gasteiger partial charge in [-0.15, -0.1) is 0 Å². The topological polar surface area (TPSA) is 72.2 Å². The SMILES string of the molecule is Cc1nc2ncnn2c(NCC[S@](=O)c2ccccc2)c1C. The summed E-state index contributed by atoms with van der Waals surface area (Å²) in [4.78, 5) is 9.33. The third-order valence-electron chi connectivity index (χ3n) is 3.49. The number of benzene rings is 1. The normalized spacial score (nSPS) is 12.5. The fourth-order valence-electron chi connectivity index (χ4n) is 2.19. The molecule has 2 heterocycles. The van der Waals surface area contributed by atoms with Crippen LogP contribution < -0.4 is 5.32 Å². The molecule has 0 saturated carbocycles. The van der Waals surface area contributed by atoms with E-state index >= 15 is 0 Å². The molecule has 0 aliphatic carbocycles. The monoisotopic (exact) mass is 315 g/mol. The summed E-state index contributed by atoms with van der Waals surface area (Å²) in [7, 11) is -1.02. The van der Waals surface area contributed by atoms with Gasteiger partial charge in [-0.25, -0.2) is 4.98 Å². The van der Waals surface area contributed by atoms with E-state index in [1.807, 2.05) is 44.2 Å². The Hall–Kier alpha value is -2.28. The molecule has 3 rings (SSSR count). The molecule has 1 atom stereocenters. The van der Waals surface area contributed by atoms with Gasteiger partial charge >= 0.3 is 0 Å². The van der Waals surface area contributed by atoms with Crippen molar-refractivity contribution in [2.75, 3.05) is 17.6 Å². The molecule has 1 N–H and O–H groups in total. The first-order chi connectivity index (χ1) is 10.7. The number of fused-ring (bicyclic) bond motifs is 1. The lowest BCUT2D eigenvalue weighted by Gasteiger charge is -2.12. The Kier molecular flexibility index (Phi) is 4.15. The summed E-state index contributed by atoms with van der Waals surface area (Å²) in [5, 5.41) is 7.49. The van der Waals surface area contributed by atoms with Gasteiger partial charge in [0.2, 0.25) is 0 Å². The van der Waals surface area contributed by atoms with Crippen LogP contribution in [0.5, 0.6) is 0 Å². The number of nitrogens with zero attached hydrogens (tertiary/aromatic N) is 4. The highest BCUT2D eigenvalue weighted by Gasteiger charge is 2.11. The summed E-state index contributed by atoms with van der Waals surface area (Å²) in [6, 6.07) is 9.48. The van der Waals surface area contributed by atoms with Gasteiger partial charge in [-0.3, -0.25) is 4.21 Å². The Balaban J connectivity index is 1.73. The highest BCUT2D eigenvalue weighted by Crippen LogP contribution is 2.17. The van der Waals surface area contributed by atoms with E-state index in [9.17, 15) is 4.21 Å². The minimum absolute atomic E-state index is 0.529. The molecule has 114 valence electrons. The third-order valence-corrected chi connectivity index (χ3v) is 4.87. The maximum Gasteiger partial charge on any atom is 0.254 e. The average molecular weight is 315 g/mol. The Labute approximate surface area is 131 Å². The number of nitrogens with one attached hydrogen (secondary N) is 1. The second-order valence-corrected chi connectivity index (χ2v) is 6.50. The van der Waals surface area contributed by atoms with Gasteiger partial charge in [0, 0.05) is 28.5 Å². The van der Waals surface area contributed by atoms with Crippen molar-refractivity contribution in [1.29, 1.82) is 0 Å². The molecule has 2 aromatic heterocycles. The number of hydrogen-bond acceptors (Lipinski definition) is 5. The van der Waals surface area contributed by atoms with Crippen LogP contribution >= 0.6 is 0 Å². The zero-order valence-electron chi connectivity index (χ0n) is 12.5. The molecule has 22 heavy (non-hydrogen) atoms. The van der Waals surface area contributed by atoms with E-state index < -0.39 is 10.8 Å². The Bertz CT molecular complexity index is 815. The molecule has 0 unspecified atom stereocenters. The smallest absolute Gasteiger partial charge is 0.254 e. The molecule has 7 heteroatoms. The summed E-state index contributed by atoms with van der Waals surface area (Å²) >= 11 is 0. The van der Waals surface area contributed by atoms with Gasteiger partial charge in [0.25, 0.3) is 5.78 Å². The van der Waals surface area contributed by atoms with Crippen LogP contribution in [0.3, 0.4) is 0 Å². The largest absolute Gasteiger partial charge is 0.369 e. The van der Waals surface area contributed by atoms with Crippen molar-refractivity contribution in [3.05, 3.63) is 47.9 Å². The number of rotatable bonds is 5. The molecule has 6 nitrogen and oxygen atoms in total. The molecule has 0 amide bonds. The van der Waals surface area contributed by atoms with Crippen LogP contribution in [0.25, 0.3) is 5.78 Å². The molecule has 0 aliphatic rings. The number of anilines is 1. The summed E-state index contributed by atoms with van der Waals surface area (Å²) in [5.41, 5.74) is 1.93. The van der Waals surface area contributed by atoms with E-state index in [0.717, 1.165) is 22.0 Å². The average Bonchev–Trinajstić information content (AvgIpc) is 2.99. The van der Waals surface area contributed by atoms with Gasteiger partial charge in [0.15, 0.2) is 0 Å². The number of aryl methyl sites for hydroxylation is 1. The highest BCUT2D eigenvalue weighted by molar-refractivity contribution is 7.85. The summed E-state index contributed by atoms with van der Waals surface area (Å²) in [6.07, 6.45) is 1.48. The Morgan fingerprint density at radius 3 is 2.77 bits per heavy atom. The maximum atomic E-state index is 12.2. The van der Waals surface area contributed by atoms with Gasteiger partial charge in [0.05, 0.1) is 10.8 Å². The third kappa shape index (κ3) is 2.85. The molecule has 0 aliphatic heterocycles. The zero-order valence-corrected chi connectivity index (χ0v) is 13.3.